The summed E-state index contributed by atoms with van der Waals surface area (Å²) in [6.07, 6.45) is -0.712. The maximum Gasteiger partial charge on any atom is 0.374 e. The summed E-state index contributed by atoms with van der Waals surface area (Å²) in [6.45, 7) is 5.41. The minimum Gasteiger partial charge on any atom is -0.501 e. The molecule has 84 valence electrons. The fraction of sp³-hybridized carbons (Fsp3) is 0.600. The monoisotopic (exact) mass is 214 g/mol. The van der Waals surface area contributed by atoms with Gasteiger partial charge in [0.15, 0.2) is 0 Å². The summed E-state index contributed by atoms with van der Waals surface area (Å²) < 4.78 is 9.59. The molecule has 5 nitrogen and oxygen atoms in total. The Balaban J connectivity index is 2.98. The van der Waals surface area contributed by atoms with E-state index in [1.54, 1.807) is 20.8 Å². The molecule has 0 aromatic heterocycles. The lowest BCUT2D eigenvalue weighted by Gasteiger charge is -2.15. The number of carbonyl (C=O) groups excluding carboxylic acids is 2. The van der Waals surface area contributed by atoms with Crippen LogP contribution in [0.3, 0.4) is 0 Å². The van der Waals surface area contributed by atoms with E-state index in [1.807, 2.05) is 0 Å². The minimum atomic E-state index is -0.864. The number of carbonyl (C=O) groups is 2. The lowest BCUT2D eigenvalue weighted by atomic mass is 10.00. The molecule has 0 amide bonds. The summed E-state index contributed by atoms with van der Waals surface area (Å²) in [4.78, 5) is 22.5. The summed E-state index contributed by atoms with van der Waals surface area (Å²) in [5.41, 5.74) is -0.0724. The molecular formula is C10H14O5. The molecule has 1 aliphatic rings. The fourth-order valence-corrected chi connectivity index (χ4v) is 1.37. The average molecular weight is 214 g/mol. The number of ether oxygens (including phenoxy) is 2. The molecule has 1 rings (SSSR count). The van der Waals surface area contributed by atoms with Crippen LogP contribution in [0.4, 0.5) is 0 Å². The van der Waals surface area contributed by atoms with Gasteiger partial charge in [-0.3, -0.25) is 0 Å². The second kappa shape index (κ2) is 4.33. The van der Waals surface area contributed by atoms with Gasteiger partial charge in [-0.25, -0.2) is 9.59 Å². The number of hydrogen-bond donors (Lipinski definition) is 1. The highest BCUT2D eigenvalue weighted by Gasteiger charge is 2.40. The van der Waals surface area contributed by atoms with Crippen LogP contribution in [0, 0.1) is 5.92 Å². The SMILES string of the molecule is CCOC(=O)C1=C(O)C(=O)OC1C(C)C. The van der Waals surface area contributed by atoms with E-state index in [0.29, 0.717) is 0 Å². The van der Waals surface area contributed by atoms with E-state index in [1.165, 1.54) is 0 Å². The summed E-state index contributed by atoms with van der Waals surface area (Å²) in [7, 11) is 0. The number of cyclic esters (lactones) is 1. The molecule has 0 aromatic carbocycles. The molecule has 1 atom stereocenters. The summed E-state index contributed by atoms with van der Waals surface area (Å²) >= 11 is 0. The van der Waals surface area contributed by atoms with Crippen molar-refractivity contribution in [3.05, 3.63) is 11.3 Å². The lowest BCUT2D eigenvalue weighted by molar-refractivity contribution is -0.144. The van der Waals surface area contributed by atoms with Crippen LogP contribution >= 0.6 is 0 Å². The van der Waals surface area contributed by atoms with Crippen molar-refractivity contribution in [2.24, 2.45) is 5.92 Å². The predicted molar refractivity (Wildman–Crippen MR) is 51.0 cm³/mol. The van der Waals surface area contributed by atoms with Gasteiger partial charge in [0.1, 0.15) is 11.7 Å². The third-order valence-corrected chi connectivity index (χ3v) is 2.07. The highest BCUT2D eigenvalue weighted by molar-refractivity contribution is 6.02. The molecule has 1 unspecified atom stereocenters. The molecule has 0 spiro atoms. The van der Waals surface area contributed by atoms with Crippen molar-refractivity contribution in [3.8, 4) is 0 Å². The van der Waals surface area contributed by atoms with Crippen LogP contribution in [0.25, 0.3) is 0 Å². The van der Waals surface area contributed by atoms with Crippen molar-refractivity contribution in [1.82, 2.24) is 0 Å². The molecular weight excluding hydrogens is 200 g/mol. The van der Waals surface area contributed by atoms with Gasteiger partial charge in [-0.2, -0.15) is 0 Å². The smallest absolute Gasteiger partial charge is 0.374 e. The van der Waals surface area contributed by atoms with Crippen molar-refractivity contribution in [2.45, 2.75) is 26.9 Å². The summed E-state index contributed by atoms with van der Waals surface area (Å²) in [5, 5.41) is 9.38. The molecule has 5 heteroatoms. The first-order valence-corrected chi connectivity index (χ1v) is 4.80. The van der Waals surface area contributed by atoms with Gasteiger partial charge in [-0.15, -0.1) is 0 Å². The second-order valence-corrected chi connectivity index (χ2v) is 3.55. The van der Waals surface area contributed by atoms with E-state index >= 15 is 0 Å². The maximum atomic E-state index is 11.4. The molecule has 0 saturated carbocycles. The molecule has 0 aromatic rings. The molecule has 0 fully saturated rings. The standard InChI is InChI=1S/C10H14O5/c1-4-14-9(12)6-7(11)10(13)15-8(6)5(2)3/h5,8,11H,4H2,1-3H3. The molecule has 0 bridgehead atoms. The van der Waals surface area contributed by atoms with Gasteiger partial charge >= 0.3 is 11.9 Å². The Hall–Kier alpha value is -1.52. The number of hydrogen-bond acceptors (Lipinski definition) is 5. The van der Waals surface area contributed by atoms with E-state index in [0.717, 1.165) is 0 Å². The highest BCUT2D eigenvalue weighted by Crippen LogP contribution is 2.27. The number of aliphatic hydroxyl groups is 1. The third kappa shape index (κ3) is 2.11. The number of esters is 2. The zero-order valence-corrected chi connectivity index (χ0v) is 8.94. The number of rotatable bonds is 3. The largest absolute Gasteiger partial charge is 0.501 e. The molecule has 0 radical (unpaired) electrons. The Morgan fingerprint density at radius 1 is 1.60 bits per heavy atom. The molecule has 1 heterocycles. The first-order chi connectivity index (χ1) is 6.99. The van der Waals surface area contributed by atoms with Crippen molar-refractivity contribution in [3.63, 3.8) is 0 Å². The van der Waals surface area contributed by atoms with Crippen LogP contribution in [0.15, 0.2) is 11.3 Å². The van der Waals surface area contributed by atoms with Gasteiger partial charge in [0, 0.05) is 0 Å². The molecule has 15 heavy (non-hydrogen) atoms. The molecule has 1 N–H and O–H groups in total. The molecule has 0 aliphatic carbocycles. The van der Waals surface area contributed by atoms with E-state index in [4.69, 9.17) is 9.47 Å². The van der Waals surface area contributed by atoms with Gasteiger partial charge in [0.2, 0.25) is 5.76 Å². The zero-order valence-electron chi connectivity index (χ0n) is 8.94. The van der Waals surface area contributed by atoms with E-state index < -0.39 is 23.8 Å². The Kier molecular flexibility index (Phi) is 3.34. The van der Waals surface area contributed by atoms with Gasteiger partial charge in [0.05, 0.1) is 6.61 Å². The van der Waals surface area contributed by atoms with Gasteiger partial charge < -0.3 is 14.6 Å². The number of aliphatic hydroxyl groups excluding tert-OH is 1. The Labute approximate surface area is 87.7 Å². The van der Waals surface area contributed by atoms with Crippen molar-refractivity contribution >= 4 is 11.9 Å². The van der Waals surface area contributed by atoms with Gasteiger partial charge in [-0.05, 0) is 12.8 Å². The van der Waals surface area contributed by atoms with Crippen molar-refractivity contribution in [2.75, 3.05) is 6.61 Å². The third-order valence-electron chi connectivity index (χ3n) is 2.07. The van der Waals surface area contributed by atoms with Crippen LogP contribution in [-0.2, 0) is 19.1 Å². The zero-order chi connectivity index (χ0) is 11.6. The average Bonchev–Trinajstić information content (AvgIpc) is 2.44. The quantitative estimate of drug-likeness (QED) is 0.708. The molecule has 1 aliphatic heterocycles. The Bertz CT molecular complexity index is 316. The normalized spacial score (nSPS) is 20.8. The minimum absolute atomic E-state index is 0.0724. The van der Waals surface area contributed by atoms with Gasteiger partial charge in [0.25, 0.3) is 0 Å². The first-order valence-electron chi connectivity index (χ1n) is 4.80. The topological polar surface area (TPSA) is 72.8 Å². The predicted octanol–water partition coefficient (Wildman–Crippen LogP) is 0.943. The first kappa shape index (κ1) is 11.6. The lowest BCUT2D eigenvalue weighted by Crippen LogP contribution is -2.24. The van der Waals surface area contributed by atoms with Crippen LogP contribution in [0.1, 0.15) is 20.8 Å². The van der Waals surface area contributed by atoms with E-state index in [2.05, 4.69) is 0 Å². The van der Waals surface area contributed by atoms with Gasteiger partial charge in [-0.1, -0.05) is 13.8 Å². The fourth-order valence-electron chi connectivity index (χ4n) is 1.37. The Morgan fingerprint density at radius 3 is 2.67 bits per heavy atom. The summed E-state index contributed by atoms with van der Waals surface area (Å²) in [5.74, 6) is -2.28. The molecule has 0 saturated heterocycles. The highest BCUT2D eigenvalue weighted by atomic mass is 16.6. The maximum absolute atomic E-state index is 11.4. The second-order valence-electron chi connectivity index (χ2n) is 3.55. The van der Waals surface area contributed by atoms with Crippen LogP contribution < -0.4 is 0 Å². The van der Waals surface area contributed by atoms with E-state index in [-0.39, 0.29) is 18.1 Å². The van der Waals surface area contributed by atoms with Crippen molar-refractivity contribution < 1.29 is 24.2 Å². The van der Waals surface area contributed by atoms with E-state index in [9.17, 15) is 14.7 Å². The van der Waals surface area contributed by atoms with Crippen LogP contribution in [0.2, 0.25) is 0 Å². The Morgan fingerprint density at radius 2 is 2.20 bits per heavy atom. The summed E-state index contributed by atoms with van der Waals surface area (Å²) in [6, 6.07) is 0. The van der Waals surface area contributed by atoms with Crippen LogP contribution in [-0.4, -0.2) is 29.8 Å². The van der Waals surface area contributed by atoms with Crippen LogP contribution in [0.5, 0.6) is 0 Å². The van der Waals surface area contributed by atoms with Crippen molar-refractivity contribution in [1.29, 1.82) is 0 Å².